The third-order valence-corrected chi connectivity index (χ3v) is 6.25. The van der Waals surface area contributed by atoms with E-state index in [0.29, 0.717) is 16.3 Å². The van der Waals surface area contributed by atoms with Crippen LogP contribution in [0.3, 0.4) is 0 Å². The van der Waals surface area contributed by atoms with Crippen molar-refractivity contribution in [1.82, 2.24) is 10.4 Å². The number of amides is 1. The highest BCUT2D eigenvalue weighted by molar-refractivity contribution is 6.33. The number of rotatable bonds is 6. The van der Waals surface area contributed by atoms with E-state index in [0.717, 1.165) is 27.6 Å². The fraction of sp³-hybridized carbons (Fsp3) is 0.0333. The van der Waals surface area contributed by atoms with E-state index in [-0.39, 0.29) is 11.3 Å². The monoisotopic (exact) mass is 507 g/mol. The third kappa shape index (κ3) is 5.01. The minimum Gasteiger partial charge on any atom is -0.422 e. The first-order chi connectivity index (χ1) is 18.0. The summed E-state index contributed by atoms with van der Waals surface area (Å²) in [6.07, 6.45) is 1.43. The summed E-state index contributed by atoms with van der Waals surface area (Å²) in [6, 6.07) is 29.2. The lowest BCUT2D eigenvalue weighted by Gasteiger charge is -2.08. The predicted octanol–water partition coefficient (Wildman–Crippen LogP) is 6.78. The Bertz CT molecular complexity index is 1640. The molecule has 0 radical (unpaired) electrons. The fourth-order valence-corrected chi connectivity index (χ4v) is 4.33. The van der Waals surface area contributed by atoms with Gasteiger partial charge in [0.1, 0.15) is 11.4 Å². The van der Waals surface area contributed by atoms with Crippen LogP contribution in [0.5, 0.6) is 5.75 Å². The van der Waals surface area contributed by atoms with Crippen LogP contribution in [0.25, 0.3) is 22.0 Å². The Labute approximate surface area is 218 Å². The summed E-state index contributed by atoms with van der Waals surface area (Å²) in [4.78, 5) is 29.1. The Morgan fingerprint density at radius 1 is 0.892 bits per heavy atom. The quantitative estimate of drug-likeness (QED) is 0.115. The minimum atomic E-state index is -0.587. The van der Waals surface area contributed by atoms with Gasteiger partial charge < -0.3 is 9.72 Å². The van der Waals surface area contributed by atoms with Gasteiger partial charge in [0.25, 0.3) is 5.91 Å². The van der Waals surface area contributed by atoms with Gasteiger partial charge in [-0.1, -0.05) is 84.4 Å². The smallest absolute Gasteiger partial charge is 0.345 e. The number of fused-ring (bicyclic) bond motifs is 1. The van der Waals surface area contributed by atoms with E-state index in [4.69, 9.17) is 16.3 Å². The molecule has 0 aliphatic heterocycles. The average molecular weight is 508 g/mol. The maximum atomic E-state index is 13.2. The number of hydrazone groups is 1. The van der Waals surface area contributed by atoms with E-state index in [2.05, 4.69) is 15.5 Å². The standard InChI is InChI=1S/C30H22ClN3O3/c1-19-10-9-15-23-26(20-11-3-2-4-12-20)28(33-27(19)23)29(35)34-32-18-21-13-5-8-17-25(21)37-30(36)22-14-6-7-16-24(22)31/h2-18,33H,1H3,(H,34,35). The molecule has 0 atom stereocenters. The molecule has 0 spiro atoms. The van der Waals surface area contributed by atoms with Crippen LogP contribution in [-0.2, 0) is 0 Å². The molecule has 0 saturated heterocycles. The highest BCUT2D eigenvalue weighted by atomic mass is 35.5. The number of hydrogen-bond donors (Lipinski definition) is 2. The number of hydrogen-bond acceptors (Lipinski definition) is 4. The van der Waals surface area contributed by atoms with Crippen molar-refractivity contribution in [3.05, 3.63) is 124 Å². The van der Waals surface area contributed by atoms with Crippen LogP contribution >= 0.6 is 11.6 Å². The van der Waals surface area contributed by atoms with Crippen molar-refractivity contribution in [2.24, 2.45) is 5.10 Å². The number of aromatic amines is 1. The number of esters is 1. The number of aromatic nitrogens is 1. The van der Waals surface area contributed by atoms with Crippen LogP contribution in [0.15, 0.2) is 102 Å². The maximum Gasteiger partial charge on any atom is 0.345 e. The molecule has 6 nitrogen and oxygen atoms in total. The Morgan fingerprint density at radius 2 is 1.62 bits per heavy atom. The molecule has 1 amide bonds. The number of H-pyrrole nitrogens is 1. The average Bonchev–Trinajstić information content (AvgIpc) is 3.31. The Morgan fingerprint density at radius 3 is 2.43 bits per heavy atom. The molecule has 0 aliphatic carbocycles. The molecule has 1 heterocycles. The first-order valence-electron chi connectivity index (χ1n) is 11.6. The van der Waals surface area contributed by atoms with E-state index in [1.807, 2.05) is 55.5 Å². The van der Waals surface area contributed by atoms with Crippen molar-refractivity contribution in [2.75, 3.05) is 0 Å². The molecule has 7 heteroatoms. The zero-order valence-corrected chi connectivity index (χ0v) is 20.6. The molecule has 5 rings (SSSR count). The molecular weight excluding hydrogens is 486 g/mol. The van der Waals surface area contributed by atoms with Crippen molar-refractivity contribution >= 4 is 40.6 Å². The highest BCUT2D eigenvalue weighted by Gasteiger charge is 2.20. The molecule has 2 N–H and O–H groups in total. The van der Waals surface area contributed by atoms with Crippen LogP contribution in [0.1, 0.15) is 32.0 Å². The number of para-hydroxylation sites is 2. The second-order valence-corrected chi connectivity index (χ2v) is 8.75. The van der Waals surface area contributed by atoms with Crippen LogP contribution in [0.4, 0.5) is 0 Å². The fourth-order valence-electron chi connectivity index (χ4n) is 4.12. The third-order valence-electron chi connectivity index (χ3n) is 5.92. The summed E-state index contributed by atoms with van der Waals surface area (Å²) in [6.45, 7) is 1.99. The summed E-state index contributed by atoms with van der Waals surface area (Å²) in [5, 5.41) is 5.40. The van der Waals surface area contributed by atoms with Gasteiger partial charge in [-0.2, -0.15) is 5.10 Å². The molecule has 37 heavy (non-hydrogen) atoms. The van der Waals surface area contributed by atoms with Crippen molar-refractivity contribution in [1.29, 1.82) is 0 Å². The zero-order valence-electron chi connectivity index (χ0n) is 19.9. The second-order valence-electron chi connectivity index (χ2n) is 8.34. The molecule has 0 bridgehead atoms. The first-order valence-corrected chi connectivity index (χ1v) is 12.0. The number of aryl methyl sites for hydroxylation is 1. The van der Waals surface area contributed by atoms with Crippen LogP contribution in [0.2, 0.25) is 5.02 Å². The van der Waals surface area contributed by atoms with Crippen LogP contribution < -0.4 is 10.2 Å². The number of carbonyl (C=O) groups excluding carboxylic acids is 2. The van der Waals surface area contributed by atoms with E-state index in [9.17, 15) is 9.59 Å². The Hall–Kier alpha value is -4.68. The van der Waals surface area contributed by atoms with Gasteiger partial charge in [-0.05, 0) is 42.3 Å². The van der Waals surface area contributed by atoms with Gasteiger partial charge in [-0.3, -0.25) is 4.79 Å². The number of benzene rings is 4. The normalized spacial score (nSPS) is 11.1. The SMILES string of the molecule is Cc1cccc2c(-c3ccccc3)c(C(=O)NN=Cc3ccccc3OC(=O)c3ccccc3Cl)[nH]c12. The molecule has 182 valence electrons. The second kappa shape index (κ2) is 10.5. The molecule has 0 unspecified atom stereocenters. The number of ether oxygens (including phenoxy) is 1. The van der Waals surface area contributed by atoms with Gasteiger partial charge in [-0.25, -0.2) is 10.2 Å². The van der Waals surface area contributed by atoms with Gasteiger partial charge >= 0.3 is 5.97 Å². The lowest BCUT2D eigenvalue weighted by molar-refractivity contribution is 0.0734. The number of nitrogens with zero attached hydrogens (tertiary/aromatic N) is 1. The lowest BCUT2D eigenvalue weighted by Crippen LogP contribution is -2.19. The van der Waals surface area contributed by atoms with Gasteiger partial charge in [0.15, 0.2) is 0 Å². The first kappa shape index (κ1) is 24.0. The molecular formula is C30H22ClN3O3. The molecule has 5 aromatic rings. The maximum absolute atomic E-state index is 13.2. The van der Waals surface area contributed by atoms with Gasteiger partial charge in [0.2, 0.25) is 0 Å². The number of nitrogens with one attached hydrogen (secondary N) is 2. The molecule has 1 aromatic heterocycles. The van der Waals surface area contributed by atoms with Crippen molar-refractivity contribution < 1.29 is 14.3 Å². The number of carbonyl (C=O) groups is 2. The van der Waals surface area contributed by atoms with E-state index < -0.39 is 11.9 Å². The summed E-state index contributed by atoms with van der Waals surface area (Å²) in [5.74, 6) is -0.690. The van der Waals surface area contributed by atoms with E-state index in [1.54, 1.807) is 48.5 Å². The molecule has 4 aromatic carbocycles. The van der Waals surface area contributed by atoms with Gasteiger partial charge in [0, 0.05) is 22.0 Å². The van der Waals surface area contributed by atoms with Crippen molar-refractivity contribution in [3.8, 4) is 16.9 Å². The van der Waals surface area contributed by atoms with Crippen molar-refractivity contribution in [3.63, 3.8) is 0 Å². The molecule has 0 aliphatic rings. The Balaban J connectivity index is 1.40. The molecule has 0 fully saturated rings. The Kier molecular flexibility index (Phi) is 6.83. The summed E-state index contributed by atoms with van der Waals surface area (Å²) >= 11 is 6.12. The lowest BCUT2D eigenvalue weighted by atomic mass is 10.0. The summed E-state index contributed by atoms with van der Waals surface area (Å²) < 4.78 is 5.55. The number of halogens is 1. The van der Waals surface area contributed by atoms with Gasteiger partial charge in [-0.15, -0.1) is 0 Å². The zero-order chi connectivity index (χ0) is 25.8. The summed E-state index contributed by atoms with van der Waals surface area (Å²) in [7, 11) is 0. The highest BCUT2D eigenvalue weighted by Crippen LogP contribution is 2.33. The minimum absolute atomic E-state index is 0.256. The topological polar surface area (TPSA) is 83.5 Å². The predicted molar refractivity (Wildman–Crippen MR) is 146 cm³/mol. The largest absolute Gasteiger partial charge is 0.422 e. The van der Waals surface area contributed by atoms with Crippen LogP contribution in [0, 0.1) is 6.92 Å². The van der Waals surface area contributed by atoms with E-state index in [1.165, 1.54) is 6.21 Å². The van der Waals surface area contributed by atoms with Crippen molar-refractivity contribution in [2.45, 2.75) is 6.92 Å². The van der Waals surface area contributed by atoms with Gasteiger partial charge in [0.05, 0.1) is 16.8 Å². The van der Waals surface area contributed by atoms with E-state index >= 15 is 0 Å². The van der Waals surface area contributed by atoms with Crippen LogP contribution in [-0.4, -0.2) is 23.1 Å². The molecule has 0 saturated carbocycles. The summed E-state index contributed by atoms with van der Waals surface area (Å²) in [5.41, 5.74) is 7.43.